The molecular weight excluding hydrogens is 432 g/mol. The van der Waals surface area contributed by atoms with Crippen molar-refractivity contribution in [1.29, 1.82) is 0 Å². The van der Waals surface area contributed by atoms with Crippen molar-refractivity contribution in [2.75, 3.05) is 19.8 Å². The fourth-order valence-corrected chi connectivity index (χ4v) is 4.44. The monoisotopic (exact) mass is 460 g/mol. The first kappa shape index (κ1) is 23.0. The van der Waals surface area contributed by atoms with Gasteiger partial charge in [0.25, 0.3) is 5.91 Å². The van der Waals surface area contributed by atoms with Gasteiger partial charge in [0, 0.05) is 37.3 Å². The number of imidazole rings is 1. The fraction of sp³-hybridized carbons (Fsp3) is 0.269. The molecule has 1 amide bonds. The normalized spacial score (nSPS) is 11.1. The van der Waals surface area contributed by atoms with E-state index in [9.17, 15) is 4.79 Å². The molecule has 2 aromatic heterocycles. The number of amides is 1. The number of ether oxygens (including phenoxy) is 1. The molecule has 0 atom stereocenters. The van der Waals surface area contributed by atoms with Crippen LogP contribution >= 0.6 is 11.8 Å². The van der Waals surface area contributed by atoms with Gasteiger partial charge < -0.3 is 10.1 Å². The number of nitrogens with zero attached hydrogens (tertiary/aromatic N) is 3. The van der Waals surface area contributed by atoms with Gasteiger partial charge in [0.1, 0.15) is 5.52 Å². The molecule has 0 aliphatic rings. The summed E-state index contributed by atoms with van der Waals surface area (Å²) in [4.78, 5) is 21.8. The number of fused-ring (bicyclic) bond motifs is 1. The summed E-state index contributed by atoms with van der Waals surface area (Å²) in [5.41, 5.74) is 4.75. The van der Waals surface area contributed by atoms with Crippen molar-refractivity contribution in [2.24, 2.45) is 0 Å². The largest absolute Gasteiger partial charge is 0.382 e. The third-order valence-corrected chi connectivity index (χ3v) is 6.24. The number of aromatic nitrogens is 3. The van der Waals surface area contributed by atoms with E-state index in [2.05, 4.69) is 39.1 Å². The van der Waals surface area contributed by atoms with Crippen molar-refractivity contribution >= 4 is 28.8 Å². The summed E-state index contributed by atoms with van der Waals surface area (Å²) in [5.74, 6) is 0.777. The van der Waals surface area contributed by atoms with E-state index in [1.54, 1.807) is 18.0 Å². The molecule has 0 aliphatic heterocycles. The summed E-state index contributed by atoms with van der Waals surface area (Å²) in [6.07, 6.45) is 2.60. The molecule has 7 heteroatoms. The van der Waals surface area contributed by atoms with Crippen LogP contribution in [-0.4, -0.2) is 40.2 Å². The van der Waals surface area contributed by atoms with Crippen molar-refractivity contribution in [2.45, 2.75) is 30.8 Å². The maximum absolute atomic E-state index is 12.4. The summed E-state index contributed by atoms with van der Waals surface area (Å²) < 4.78 is 7.45. The summed E-state index contributed by atoms with van der Waals surface area (Å²) >= 11 is 1.71. The lowest BCUT2D eigenvalue weighted by Crippen LogP contribution is -2.25. The predicted molar refractivity (Wildman–Crippen MR) is 133 cm³/mol. The van der Waals surface area contributed by atoms with Gasteiger partial charge in [-0.25, -0.2) is 9.97 Å². The van der Waals surface area contributed by atoms with Crippen molar-refractivity contribution in [3.63, 3.8) is 0 Å². The zero-order valence-corrected chi connectivity index (χ0v) is 19.6. The molecule has 0 radical (unpaired) electrons. The van der Waals surface area contributed by atoms with Gasteiger partial charge in [0.05, 0.1) is 6.54 Å². The molecule has 33 heavy (non-hydrogen) atoms. The molecule has 0 bridgehead atoms. The molecule has 0 saturated heterocycles. The van der Waals surface area contributed by atoms with E-state index in [0.717, 1.165) is 34.1 Å². The minimum Gasteiger partial charge on any atom is -0.382 e. The molecule has 0 fully saturated rings. The minimum absolute atomic E-state index is 0.0631. The van der Waals surface area contributed by atoms with Gasteiger partial charge in [-0.05, 0) is 48.7 Å². The number of hydrogen-bond donors (Lipinski definition) is 1. The molecule has 6 nitrogen and oxygen atoms in total. The average molecular weight is 461 g/mol. The van der Waals surface area contributed by atoms with Gasteiger partial charge in [0.15, 0.2) is 10.8 Å². The third kappa shape index (κ3) is 6.21. The number of benzene rings is 2. The highest BCUT2D eigenvalue weighted by Crippen LogP contribution is 2.26. The molecule has 4 aromatic rings. The van der Waals surface area contributed by atoms with Crippen LogP contribution in [0, 0.1) is 0 Å². The van der Waals surface area contributed by atoms with Gasteiger partial charge in [-0.1, -0.05) is 54.2 Å². The predicted octanol–water partition coefficient (Wildman–Crippen LogP) is 4.93. The van der Waals surface area contributed by atoms with Gasteiger partial charge >= 0.3 is 0 Å². The SMILES string of the molecule is CCOCCCNC(=O)c1ccc(Cn2c(SCc3ccccc3)nc3cccnc32)cc1. The molecule has 0 spiro atoms. The van der Waals surface area contributed by atoms with Crippen molar-refractivity contribution in [3.05, 3.63) is 89.6 Å². The topological polar surface area (TPSA) is 69.0 Å². The first-order valence-corrected chi connectivity index (χ1v) is 12.2. The van der Waals surface area contributed by atoms with E-state index in [1.165, 1.54) is 5.56 Å². The maximum atomic E-state index is 12.4. The number of rotatable bonds is 11. The summed E-state index contributed by atoms with van der Waals surface area (Å²) in [6, 6.07) is 22.0. The van der Waals surface area contributed by atoms with Crippen molar-refractivity contribution in [1.82, 2.24) is 19.9 Å². The van der Waals surface area contributed by atoms with Gasteiger partial charge in [-0.2, -0.15) is 0 Å². The standard InChI is InChI=1S/C26H28N4O2S/c1-2-32-17-7-16-28-25(31)22-13-11-20(12-14-22)18-30-24-23(10-6-15-27-24)29-26(30)33-19-21-8-4-3-5-9-21/h3-6,8-15H,2,7,16-19H2,1H3,(H,28,31). The Balaban J connectivity index is 1.45. The second-order valence-electron chi connectivity index (χ2n) is 7.60. The van der Waals surface area contributed by atoms with Crippen LogP contribution in [0.3, 0.4) is 0 Å². The Labute approximate surface area is 198 Å². The Morgan fingerprint density at radius 1 is 1.03 bits per heavy atom. The van der Waals surface area contributed by atoms with Crippen LogP contribution < -0.4 is 5.32 Å². The molecule has 1 N–H and O–H groups in total. The maximum Gasteiger partial charge on any atom is 0.251 e. The van der Waals surface area contributed by atoms with Crippen molar-refractivity contribution in [3.8, 4) is 0 Å². The van der Waals surface area contributed by atoms with Crippen LogP contribution in [0.25, 0.3) is 11.2 Å². The van der Waals surface area contributed by atoms with Crippen molar-refractivity contribution < 1.29 is 9.53 Å². The second kappa shape index (κ2) is 11.6. The highest BCUT2D eigenvalue weighted by atomic mass is 32.2. The van der Waals surface area contributed by atoms with Crippen LogP contribution in [0.1, 0.15) is 34.8 Å². The molecule has 0 unspecified atom stereocenters. The Bertz CT molecular complexity index is 1180. The van der Waals surface area contributed by atoms with E-state index in [0.29, 0.717) is 31.9 Å². The Morgan fingerprint density at radius 2 is 1.85 bits per heavy atom. The highest BCUT2D eigenvalue weighted by molar-refractivity contribution is 7.98. The van der Waals surface area contributed by atoms with Gasteiger partial charge in [-0.3, -0.25) is 9.36 Å². The lowest BCUT2D eigenvalue weighted by Gasteiger charge is -2.10. The van der Waals surface area contributed by atoms with E-state index in [4.69, 9.17) is 9.72 Å². The Morgan fingerprint density at radius 3 is 2.64 bits per heavy atom. The third-order valence-electron chi connectivity index (χ3n) is 5.19. The first-order valence-electron chi connectivity index (χ1n) is 11.2. The smallest absolute Gasteiger partial charge is 0.251 e. The van der Waals surface area contributed by atoms with E-state index in [1.807, 2.05) is 49.4 Å². The summed E-state index contributed by atoms with van der Waals surface area (Å²) in [7, 11) is 0. The zero-order valence-electron chi connectivity index (χ0n) is 18.7. The molecule has 4 rings (SSSR count). The Hall–Kier alpha value is -3.16. The summed E-state index contributed by atoms with van der Waals surface area (Å²) in [6.45, 7) is 4.57. The van der Waals surface area contributed by atoms with Crippen LogP contribution in [0.4, 0.5) is 0 Å². The van der Waals surface area contributed by atoms with E-state index >= 15 is 0 Å². The minimum atomic E-state index is -0.0631. The van der Waals surface area contributed by atoms with Gasteiger partial charge in [0.2, 0.25) is 0 Å². The Kier molecular flexibility index (Phi) is 8.11. The molecule has 2 heterocycles. The summed E-state index contributed by atoms with van der Waals surface area (Å²) in [5, 5.41) is 3.87. The molecule has 0 aliphatic carbocycles. The number of nitrogens with one attached hydrogen (secondary N) is 1. The molecule has 0 saturated carbocycles. The number of thioether (sulfide) groups is 1. The lowest BCUT2D eigenvalue weighted by atomic mass is 10.1. The molecule has 170 valence electrons. The van der Waals surface area contributed by atoms with E-state index in [-0.39, 0.29) is 5.91 Å². The van der Waals surface area contributed by atoms with Crippen LogP contribution in [0.2, 0.25) is 0 Å². The van der Waals surface area contributed by atoms with E-state index < -0.39 is 0 Å². The zero-order chi connectivity index (χ0) is 22.9. The quantitative estimate of drug-likeness (QED) is 0.254. The van der Waals surface area contributed by atoms with Gasteiger partial charge in [-0.15, -0.1) is 0 Å². The lowest BCUT2D eigenvalue weighted by molar-refractivity contribution is 0.0944. The number of pyridine rings is 1. The van der Waals surface area contributed by atoms with Crippen LogP contribution in [0.5, 0.6) is 0 Å². The average Bonchev–Trinajstić information content (AvgIpc) is 3.21. The first-order chi connectivity index (χ1) is 16.2. The number of hydrogen-bond acceptors (Lipinski definition) is 5. The number of carbonyl (C=O) groups is 1. The highest BCUT2D eigenvalue weighted by Gasteiger charge is 2.13. The number of carbonyl (C=O) groups excluding carboxylic acids is 1. The molecular formula is C26H28N4O2S. The second-order valence-corrected chi connectivity index (χ2v) is 8.55. The fourth-order valence-electron chi connectivity index (χ4n) is 3.48. The van der Waals surface area contributed by atoms with Crippen LogP contribution in [-0.2, 0) is 17.0 Å². The van der Waals surface area contributed by atoms with Crippen LogP contribution in [0.15, 0.2) is 78.1 Å². The molecule has 2 aromatic carbocycles.